The number of rotatable bonds is 6. The maximum atomic E-state index is 13.1. The Morgan fingerprint density at radius 1 is 0.943 bits per heavy atom. The normalized spacial score (nSPS) is 17.3. The summed E-state index contributed by atoms with van der Waals surface area (Å²) < 4.78 is 18.9. The van der Waals surface area contributed by atoms with E-state index in [1.807, 2.05) is 0 Å². The van der Waals surface area contributed by atoms with Crippen molar-refractivity contribution in [3.63, 3.8) is 0 Å². The van der Waals surface area contributed by atoms with Gasteiger partial charge in [0.1, 0.15) is 11.6 Å². The second-order valence-corrected chi connectivity index (χ2v) is 9.52. The molecule has 2 N–H and O–H groups in total. The predicted octanol–water partition coefficient (Wildman–Crippen LogP) is 3.54. The van der Waals surface area contributed by atoms with Gasteiger partial charge in [-0.2, -0.15) is 0 Å². The zero-order chi connectivity index (χ0) is 24.9. The summed E-state index contributed by atoms with van der Waals surface area (Å²) in [6.45, 7) is 1.77. The van der Waals surface area contributed by atoms with Gasteiger partial charge >= 0.3 is 0 Å². The Bertz CT molecular complexity index is 1080. The lowest BCUT2D eigenvalue weighted by atomic mass is 9.89. The number of carbonyl (C=O) groups is 3. The number of hydrogen-bond donors (Lipinski definition) is 1. The maximum absolute atomic E-state index is 13.1. The molecule has 35 heavy (non-hydrogen) atoms. The first-order valence-electron chi connectivity index (χ1n) is 11.9. The summed E-state index contributed by atoms with van der Waals surface area (Å²) in [5.74, 6) is -0.714. The third kappa shape index (κ3) is 6.18. The summed E-state index contributed by atoms with van der Waals surface area (Å²) in [4.78, 5) is 41.9. The number of Topliss-reactive ketones (excluding diaryl/α,β-unsaturated/α-hetero) is 1. The van der Waals surface area contributed by atoms with E-state index < -0.39 is 0 Å². The smallest absolute Gasteiger partial charge is 0.260 e. The highest BCUT2D eigenvalue weighted by molar-refractivity contribution is 6.31. The minimum atomic E-state index is -0.382. The minimum absolute atomic E-state index is 0.0312. The maximum Gasteiger partial charge on any atom is 0.260 e. The molecular weight excluding hydrogens is 473 g/mol. The van der Waals surface area contributed by atoms with Crippen LogP contribution < -0.4 is 10.5 Å². The zero-order valence-electron chi connectivity index (χ0n) is 19.4. The molecule has 0 spiro atoms. The molecule has 2 aromatic carbocycles. The second kappa shape index (κ2) is 11.2. The molecule has 0 saturated carbocycles. The van der Waals surface area contributed by atoms with Crippen LogP contribution in [0.4, 0.5) is 4.39 Å². The van der Waals surface area contributed by atoms with Gasteiger partial charge < -0.3 is 20.3 Å². The number of halogens is 2. The number of carbonyl (C=O) groups excluding carboxylic acids is 3. The lowest BCUT2D eigenvalue weighted by Crippen LogP contribution is -2.43. The number of likely N-dealkylation sites (tertiary alicyclic amines) is 2. The van der Waals surface area contributed by atoms with Crippen LogP contribution in [0.15, 0.2) is 42.5 Å². The van der Waals surface area contributed by atoms with Gasteiger partial charge in [0.15, 0.2) is 12.4 Å². The van der Waals surface area contributed by atoms with Crippen molar-refractivity contribution in [1.82, 2.24) is 9.80 Å². The van der Waals surface area contributed by atoms with E-state index >= 15 is 0 Å². The number of amides is 2. The average Bonchev–Trinajstić information content (AvgIpc) is 2.88. The first-order valence-corrected chi connectivity index (χ1v) is 12.2. The topological polar surface area (TPSA) is 92.9 Å². The summed E-state index contributed by atoms with van der Waals surface area (Å²) >= 11 is 6.13. The van der Waals surface area contributed by atoms with Crippen molar-refractivity contribution in [2.45, 2.75) is 31.7 Å². The lowest BCUT2D eigenvalue weighted by Gasteiger charge is -2.32. The first-order chi connectivity index (χ1) is 16.8. The van der Waals surface area contributed by atoms with Gasteiger partial charge in [-0.3, -0.25) is 14.4 Å². The van der Waals surface area contributed by atoms with Crippen molar-refractivity contribution in [2.24, 2.45) is 11.7 Å². The molecule has 2 amide bonds. The van der Waals surface area contributed by atoms with E-state index in [2.05, 4.69) is 0 Å². The van der Waals surface area contributed by atoms with E-state index in [4.69, 9.17) is 22.1 Å². The molecule has 2 saturated heterocycles. The third-order valence-corrected chi connectivity index (χ3v) is 6.93. The summed E-state index contributed by atoms with van der Waals surface area (Å²) in [6.07, 6.45) is 2.54. The quantitative estimate of drug-likeness (QED) is 0.611. The summed E-state index contributed by atoms with van der Waals surface area (Å²) in [6, 6.07) is 10.4. The fourth-order valence-corrected chi connectivity index (χ4v) is 4.71. The van der Waals surface area contributed by atoms with E-state index in [0.29, 0.717) is 60.9 Å². The van der Waals surface area contributed by atoms with Gasteiger partial charge in [0, 0.05) is 48.7 Å². The summed E-state index contributed by atoms with van der Waals surface area (Å²) in [5.41, 5.74) is 6.75. The Morgan fingerprint density at radius 3 is 2.23 bits per heavy atom. The van der Waals surface area contributed by atoms with Crippen molar-refractivity contribution >= 4 is 29.2 Å². The molecule has 2 aromatic rings. The van der Waals surface area contributed by atoms with Crippen molar-refractivity contribution in [3.8, 4) is 5.75 Å². The Balaban J connectivity index is 1.32. The molecule has 0 unspecified atom stereocenters. The molecule has 0 atom stereocenters. The molecule has 2 aliphatic heterocycles. The molecule has 0 bridgehead atoms. The van der Waals surface area contributed by atoms with E-state index in [1.165, 1.54) is 24.3 Å². The predicted molar refractivity (Wildman–Crippen MR) is 130 cm³/mol. The SMILES string of the molecule is NC1CCN(C(=O)c2cc(Cl)ccc2OCC(=O)N2CCC(C(=O)c3ccc(F)cc3)CC2)CC1. The molecule has 0 aliphatic carbocycles. The van der Waals surface area contributed by atoms with Gasteiger partial charge in [0.25, 0.3) is 11.8 Å². The standard InChI is InChI=1S/C26H29ClFN3O4/c27-19-3-6-23(22(15-19)26(34)31-13-9-21(29)10-14-31)35-16-24(32)30-11-7-18(8-12-30)25(33)17-1-4-20(28)5-2-17/h1-6,15,18,21H,7-14,16,29H2. The average molecular weight is 502 g/mol. The second-order valence-electron chi connectivity index (χ2n) is 9.08. The van der Waals surface area contributed by atoms with E-state index in [1.54, 1.807) is 28.0 Å². The molecule has 0 radical (unpaired) electrons. The number of nitrogens with two attached hydrogens (primary N) is 1. The number of hydrogen-bond acceptors (Lipinski definition) is 5. The van der Waals surface area contributed by atoms with Crippen LogP contribution in [-0.2, 0) is 4.79 Å². The molecule has 4 rings (SSSR count). The van der Waals surface area contributed by atoms with Crippen LogP contribution in [0.3, 0.4) is 0 Å². The van der Waals surface area contributed by atoms with Crippen LogP contribution in [-0.4, -0.2) is 66.2 Å². The Hall–Kier alpha value is -2.97. The highest BCUT2D eigenvalue weighted by atomic mass is 35.5. The van der Waals surface area contributed by atoms with Crippen LogP contribution in [0.2, 0.25) is 5.02 Å². The van der Waals surface area contributed by atoms with Crippen molar-refractivity contribution in [2.75, 3.05) is 32.8 Å². The number of ketones is 1. The van der Waals surface area contributed by atoms with Crippen LogP contribution >= 0.6 is 11.6 Å². The molecule has 7 nitrogen and oxygen atoms in total. The van der Waals surface area contributed by atoms with E-state index in [9.17, 15) is 18.8 Å². The first kappa shape index (κ1) is 25.1. The van der Waals surface area contributed by atoms with Crippen LogP contribution in [0, 0.1) is 11.7 Å². The molecule has 2 aliphatic rings. The molecule has 9 heteroatoms. The third-order valence-electron chi connectivity index (χ3n) is 6.70. The van der Waals surface area contributed by atoms with E-state index in [-0.39, 0.29) is 42.0 Å². The summed E-state index contributed by atoms with van der Waals surface area (Å²) in [7, 11) is 0. The zero-order valence-corrected chi connectivity index (χ0v) is 20.2. The minimum Gasteiger partial charge on any atom is -0.483 e. The Labute approximate surface area is 209 Å². The van der Waals surface area contributed by atoms with Gasteiger partial charge in [-0.15, -0.1) is 0 Å². The molecule has 186 valence electrons. The summed E-state index contributed by atoms with van der Waals surface area (Å²) in [5, 5.41) is 0.411. The fourth-order valence-electron chi connectivity index (χ4n) is 4.54. The Kier molecular flexibility index (Phi) is 8.03. The highest BCUT2D eigenvalue weighted by Crippen LogP contribution is 2.27. The van der Waals surface area contributed by atoms with Gasteiger partial charge in [0.05, 0.1) is 5.56 Å². The number of nitrogens with zero attached hydrogens (tertiary/aromatic N) is 2. The van der Waals surface area contributed by atoms with Crippen LogP contribution in [0.25, 0.3) is 0 Å². The number of ether oxygens (including phenoxy) is 1. The van der Waals surface area contributed by atoms with Crippen LogP contribution in [0.5, 0.6) is 5.75 Å². The Morgan fingerprint density at radius 2 is 1.57 bits per heavy atom. The molecular formula is C26H29ClFN3O4. The highest BCUT2D eigenvalue weighted by Gasteiger charge is 2.29. The lowest BCUT2D eigenvalue weighted by molar-refractivity contribution is -0.134. The van der Waals surface area contributed by atoms with Gasteiger partial charge in [-0.25, -0.2) is 4.39 Å². The number of benzene rings is 2. The van der Waals surface area contributed by atoms with Crippen molar-refractivity contribution < 1.29 is 23.5 Å². The van der Waals surface area contributed by atoms with Gasteiger partial charge in [0.2, 0.25) is 0 Å². The van der Waals surface area contributed by atoms with Crippen molar-refractivity contribution in [3.05, 3.63) is 64.4 Å². The fraction of sp³-hybridized carbons (Fsp3) is 0.423. The molecule has 2 heterocycles. The molecule has 0 aromatic heterocycles. The van der Waals surface area contributed by atoms with Crippen molar-refractivity contribution in [1.29, 1.82) is 0 Å². The van der Waals surface area contributed by atoms with Crippen LogP contribution in [0.1, 0.15) is 46.4 Å². The largest absolute Gasteiger partial charge is 0.483 e. The van der Waals surface area contributed by atoms with Gasteiger partial charge in [-0.05, 0) is 68.1 Å². The molecule has 2 fully saturated rings. The van der Waals surface area contributed by atoms with Gasteiger partial charge in [-0.1, -0.05) is 11.6 Å². The number of piperidine rings is 2. The monoisotopic (exact) mass is 501 g/mol. The van der Waals surface area contributed by atoms with E-state index in [0.717, 1.165) is 12.8 Å².